The van der Waals surface area contributed by atoms with Crippen molar-refractivity contribution in [3.8, 4) is 0 Å². The van der Waals surface area contributed by atoms with Gasteiger partial charge in [0.15, 0.2) is 0 Å². The molecule has 0 spiro atoms. The average molecular weight is 293 g/mol. The Labute approximate surface area is 129 Å². The van der Waals surface area contributed by atoms with Crippen LogP contribution in [0.15, 0.2) is 48.9 Å². The van der Waals surface area contributed by atoms with Gasteiger partial charge in [-0.3, -0.25) is 0 Å². The van der Waals surface area contributed by atoms with Gasteiger partial charge in [-0.15, -0.1) is 0 Å². The molecule has 5 nitrogen and oxygen atoms in total. The first-order chi connectivity index (χ1) is 10.9. The minimum Gasteiger partial charge on any atom is -0.361 e. The molecule has 0 radical (unpaired) electrons. The number of H-pyrrole nitrogens is 1. The minimum absolute atomic E-state index is 0.475. The van der Waals surface area contributed by atoms with Gasteiger partial charge < -0.3 is 15.6 Å². The van der Waals surface area contributed by atoms with E-state index in [1.807, 2.05) is 6.07 Å². The van der Waals surface area contributed by atoms with Crippen LogP contribution in [-0.2, 0) is 6.54 Å². The molecule has 1 saturated carbocycles. The number of rotatable bonds is 5. The number of anilines is 1. The van der Waals surface area contributed by atoms with Crippen LogP contribution in [0.2, 0.25) is 0 Å². The summed E-state index contributed by atoms with van der Waals surface area (Å²) in [6, 6.07) is 11.3. The van der Waals surface area contributed by atoms with E-state index in [-0.39, 0.29) is 0 Å². The van der Waals surface area contributed by atoms with Crippen LogP contribution >= 0.6 is 0 Å². The Balaban J connectivity index is 1.28. The Morgan fingerprint density at radius 3 is 2.73 bits per heavy atom. The summed E-state index contributed by atoms with van der Waals surface area (Å²) in [5, 5.41) is 8.30. The summed E-state index contributed by atoms with van der Waals surface area (Å²) in [4.78, 5) is 11.7. The van der Waals surface area contributed by atoms with Crippen molar-refractivity contribution in [1.29, 1.82) is 0 Å². The third-order valence-electron chi connectivity index (χ3n) is 4.29. The fourth-order valence-electron chi connectivity index (χ4n) is 2.99. The lowest BCUT2D eigenvalue weighted by Crippen LogP contribution is -2.47. The molecule has 112 valence electrons. The third kappa shape index (κ3) is 2.67. The van der Waals surface area contributed by atoms with Crippen LogP contribution in [0, 0.1) is 0 Å². The zero-order valence-electron chi connectivity index (χ0n) is 12.3. The van der Waals surface area contributed by atoms with Gasteiger partial charge in [0.1, 0.15) is 0 Å². The van der Waals surface area contributed by atoms with Crippen molar-refractivity contribution in [2.24, 2.45) is 0 Å². The maximum atomic E-state index is 4.20. The van der Waals surface area contributed by atoms with E-state index >= 15 is 0 Å². The molecule has 1 aliphatic carbocycles. The fourth-order valence-corrected chi connectivity index (χ4v) is 2.99. The summed E-state index contributed by atoms with van der Waals surface area (Å²) in [5.74, 6) is 0.725. The van der Waals surface area contributed by atoms with Crippen LogP contribution in [0.4, 0.5) is 5.95 Å². The van der Waals surface area contributed by atoms with E-state index < -0.39 is 0 Å². The van der Waals surface area contributed by atoms with Gasteiger partial charge >= 0.3 is 0 Å². The van der Waals surface area contributed by atoms with E-state index in [1.165, 1.54) is 16.5 Å². The summed E-state index contributed by atoms with van der Waals surface area (Å²) in [6.07, 6.45) is 7.85. The summed E-state index contributed by atoms with van der Waals surface area (Å²) in [6.45, 7) is 0.906. The highest BCUT2D eigenvalue weighted by atomic mass is 15.1. The summed E-state index contributed by atoms with van der Waals surface area (Å²) in [7, 11) is 0. The molecular formula is C17H19N5. The van der Waals surface area contributed by atoms with E-state index in [1.54, 1.807) is 12.4 Å². The molecule has 0 bridgehead atoms. The standard InChI is InChI=1S/C17H19N5/c1-2-5-16-15(4-1)12(11-21-16)10-20-13-8-14(9-13)22-17-18-6-3-7-19-17/h1-7,11,13-14,20-21H,8-10H2,(H,18,19,22). The van der Waals surface area contributed by atoms with Crippen LogP contribution in [0.5, 0.6) is 0 Å². The molecule has 0 atom stereocenters. The van der Waals surface area contributed by atoms with Crippen LogP contribution in [0.25, 0.3) is 10.9 Å². The van der Waals surface area contributed by atoms with E-state index in [9.17, 15) is 0 Å². The largest absolute Gasteiger partial charge is 0.361 e. The molecule has 2 aromatic heterocycles. The second kappa shape index (κ2) is 5.77. The van der Waals surface area contributed by atoms with E-state index in [4.69, 9.17) is 0 Å². The number of hydrogen-bond acceptors (Lipinski definition) is 4. The monoisotopic (exact) mass is 293 g/mol. The highest BCUT2D eigenvalue weighted by Gasteiger charge is 2.29. The van der Waals surface area contributed by atoms with Crippen molar-refractivity contribution in [3.63, 3.8) is 0 Å². The molecule has 22 heavy (non-hydrogen) atoms. The second-order valence-electron chi connectivity index (χ2n) is 5.82. The zero-order chi connectivity index (χ0) is 14.8. The lowest BCUT2D eigenvalue weighted by molar-refractivity contribution is 0.306. The molecule has 5 heteroatoms. The van der Waals surface area contributed by atoms with Gasteiger partial charge in [0.2, 0.25) is 5.95 Å². The van der Waals surface area contributed by atoms with Gasteiger partial charge in [-0.2, -0.15) is 0 Å². The highest BCUT2D eigenvalue weighted by Crippen LogP contribution is 2.24. The zero-order valence-corrected chi connectivity index (χ0v) is 12.3. The van der Waals surface area contributed by atoms with E-state index in [0.717, 1.165) is 25.3 Å². The number of nitrogens with zero attached hydrogens (tertiary/aromatic N) is 2. The van der Waals surface area contributed by atoms with Gasteiger partial charge in [0.05, 0.1) is 0 Å². The second-order valence-corrected chi connectivity index (χ2v) is 5.82. The van der Waals surface area contributed by atoms with Gasteiger partial charge in [0.25, 0.3) is 0 Å². The Morgan fingerprint density at radius 1 is 1.05 bits per heavy atom. The number of nitrogens with one attached hydrogen (secondary N) is 3. The predicted molar refractivity (Wildman–Crippen MR) is 87.6 cm³/mol. The van der Waals surface area contributed by atoms with Crippen LogP contribution in [-0.4, -0.2) is 27.0 Å². The highest BCUT2D eigenvalue weighted by molar-refractivity contribution is 5.82. The first-order valence-corrected chi connectivity index (χ1v) is 7.70. The Morgan fingerprint density at radius 2 is 1.86 bits per heavy atom. The predicted octanol–water partition coefficient (Wildman–Crippen LogP) is 2.69. The molecule has 3 N–H and O–H groups in total. The molecule has 3 aromatic rings. The van der Waals surface area contributed by atoms with E-state index in [0.29, 0.717) is 12.1 Å². The number of fused-ring (bicyclic) bond motifs is 1. The normalized spacial score (nSPS) is 20.7. The number of aromatic nitrogens is 3. The average Bonchev–Trinajstić information content (AvgIpc) is 2.94. The Bertz CT molecular complexity index is 746. The van der Waals surface area contributed by atoms with Crippen molar-refractivity contribution in [2.75, 3.05) is 5.32 Å². The van der Waals surface area contributed by atoms with Crippen molar-refractivity contribution in [3.05, 3.63) is 54.5 Å². The smallest absolute Gasteiger partial charge is 0.222 e. The molecule has 0 aliphatic heterocycles. The maximum absolute atomic E-state index is 4.20. The number of para-hydroxylation sites is 1. The Kier molecular flexibility index (Phi) is 3.48. The van der Waals surface area contributed by atoms with Gasteiger partial charge in [-0.1, -0.05) is 18.2 Å². The molecule has 1 aliphatic rings. The Hall–Kier alpha value is -2.40. The minimum atomic E-state index is 0.475. The van der Waals surface area contributed by atoms with Crippen LogP contribution < -0.4 is 10.6 Å². The van der Waals surface area contributed by atoms with Gasteiger partial charge in [-0.25, -0.2) is 9.97 Å². The van der Waals surface area contributed by atoms with Crippen LogP contribution in [0.3, 0.4) is 0 Å². The van der Waals surface area contributed by atoms with Crippen molar-refractivity contribution in [1.82, 2.24) is 20.3 Å². The molecule has 4 rings (SSSR count). The van der Waals surface area contributed by atoms with Gasteiger partial charge in [-0.05, 0) is 30.5 Å². The summed E-state index contributed by atoms with van der Waals surface area (Å²) in [5.41, 5.74) is 2.53. The van der Waals surface area contributed by atoms with Crippen molar-refractivity contribution in [2.45, 2.75) is 31.5 Å². The fraction of sp³-hybridized carbons (Fsp3) is 0.294. The van der Waals surface area contributed by atoms with Gasteiger partial charge in [0, 0.05) is 48.1 Å². The maximum Gasteiger partial charge on any atom is 0.222 e. The summed E-state index contributed by atoms with van der Waals surface area (Å²) < 4.78 is 0. The van der Waals surface area contributed by atoms with E-state index in [2.05, 4.69) is 56.0 Å². The number of benzene rings is 1. The molecular weight excluding hydrogens is 274 g/mol. The lowest BCUT2D eigenvalue weighted by Gasteiger charge is -2.36. The molecule has 0 amide bonds. The summed E-state index contributed by atoms with van der Waals surface area (Å²) >= 11 is 0. The first-order valence-electron chi connectivity index (χ1n) is 7.70. The number of hydrogen-bond donors (Lipinski definition) is 3. The van der Waals surface area contributed by atoms with Crippen molar-refractivity contribution >= 4 is 16.9 Å². The quantitative estimate of drug-likeness (QED) is 0.676. The SMILES string of the molecule is c1cnc(NC2CC(NCc3c[nH]c4ccccc34)C2)nc1. The first kappa shape index (κ1) is 13.3. The van der Waals surface area contributed by atoms with Crippen LogP contribution in [0.1, 0.15) is 18.4 Å². The number of aromatic amines is 1. The van der Waals surface area contributed by atoms with Crippen molar-refractivity contribution < 1.29 is 0 Å². The molecule has 0 unspecified atom stereocenters. The molecule has 2 heterocycles. The molecule has 0 saturated heterocycles. The topological polar surface area (TPSA) is 65.6 Å². The molecule has 1 fully saturated rings. The lowest BCUT2D eigenvalue weighted by atomic mass is 9.86. The third-order valence-corrected chi connectivity index (χ3v) is 4.29. The molecule has 1 aromatic carbocycles.